The number of nitrogens with zero attached hydrogens (tertiary/aromatic N) is 4. The summed E-state index contributed by atoms with van der Waals surface area (Å²) in [5, 5.41) is 2.55. The standard InChI is InChI=1S/C22H20N6O3/c1-14(2)19(29)25-21-24-18-17(20(30)26-21)23-13-27(18)22(31)28(15-9-5-3-6-10-15)16-11-7-4-8-12-16/h3-14H,1-2H3,(H2,24,25,26,29,30). The number of H-pyrrole nitrogens is 1. The lowest BCUT2D eigenvalue weighted by Crippen LogP contribution is -2.30. The zero-order valence-corrected chi connectivity index (χ0v) is 16.9. The van der Waals surface area contributed by atoms with Crippen LogP contribution in [0.3, 0.4) is 0 Å². The van der Waals surface area contributed by atoms with E-state index in [0.717, 1.165) is 0 Å². The zero-order chi connectivity index (χ0) is 22.0. The van der Waals surface area contributed by atoms with Crippen LogP contribution in [-0.2, 0) is 4.79 Å². The van der Waals surface area contributed by atoms with Crippen LogP contribution in [0.5, 0.6) is 0 Å². The van der Waals surface area contributed by atoms with Crippen molar-refractivity contribution in [3.8, 4) is 0 Å². The molecule has 156 valence electrons. The molecule has 0 atom stereocenters. The summed E-state index contributed by atoms with van der Waals surface area (Å²) in [5.41, 5.74) is 0.765. The number of rotatable bonds is 4. The number of aromatic amines is 1. The quantitative estimate of drug-likeness (QED) is 0.528. The summed E-state index contributed by atoms with van der Waals surface area (Å²) in [6, 6.07) is 17.8. The average Bonchev–Trinajstić information content (AvgIpc) is 3.20. The summed E-state index contributed by atoms with van der Waals surface area (Å²) in [6.07, 6.45) is 1.25. The van der Waals surface area contributed by atoms with Crippen LogP contribution in [0.4, 0.5) is 22.1 Å². The molecule has 0 unspecified atom stereocenters. The van der Waals surface area contributed by atoms with E-state index in [1.807, 2.05) is 36.4 Å². The summed E-state index contributed by atoms with van der Waals surface area (Å²) in [5.74, 6) is -0.661. The molecule has 0 radical (unpaired) electrons. The molecule has 2 amide bonds. The predicted molar refractivity (Wildman–Crippen MR) is 117 cm³/mol. The number of imidazole rings is 1. The van der Waals surface area contributed by atoms with Gasteiger partial charge in [0.15, 0.2) is 11.2 Å². The highest BCUT2D eigenvalue weighted by Crippen LogP contribution is 2.26. The molecule has 0 bridgehead atoms. The molecule has 4 rings (SSSR count). The monoisotopic (exact) mass is 416 g/mol. The van der Waals surface area contributed by atoms with Crippen molar-refractivity contribution in [1.82, 2.24) is 19.5 Å². The highest BCUT2D eigenvalue weighted by atomic mass is 16.2. The lowest BCUT2D eigenvalue weighted by atomic mass is 10.2. The second-order valence-corrected chi connectivity index (χ2v) is 7.13. The molecule has 0 spiro atoms. The first-order chi connectivity index (χ1) is 15.0. The van der Waals surface area contributed by atoms with Crippen LogP contribution in [0.1, 0.15) is 13.8 Å². The number of amides is 2. The van der Waals surface area contributed by atoms with Crippen LogP contribution >= 0.6 is 0 Å². The number of hydrogen-bond acceptors (Lipinski definition) is 5. The second-order valence-electron chi connectivity index (χ2n) is 7.13. The Hall–Kier alpha value is -4.27. The van der Waals surface area contributed by atoms with Crippen molar-refractivity contribution >= 4 is 40.4 Å². The second kappa shape index (κ2) is 8.23. The molecule has 2 aromatic carbocycles. The van der Waals surface area contributed by atoms with Crippen molar-refractivity contribution < 1.29 is 9.59 Å². The minimum atomic E-state index is -0.554. The Kier molecular flexibility index (Phi) is 5.31. The van der Waals surface area contributed by atoms with Gasteiger partial charge in [-0.2, -0.15) is 4.98 Å². The number of nitrogens with one attached hydrogen (secondary N) is 2. The molecule has 0 fully saturated rings. The number of fused-ring (bicyclic) bond motifs is 1. The molecule has 0 aliphatic heterocycles. The van der Waals surface area contributed by atoms with Gasteiger partial charge in [0.25, 0.3) is 5.56 Å². The zero-order valence-electron chi connectivity index (χ0n) is 16.9. The van der Waals surface area contributed by atoms with E-state index in [2.05, 4.69) is 20.3 Å². The SMILES string of the molecule is CC(C)C(=O)Nc1nc2c(ncn2C(=O)N(c2ccccc2)c2ccccc2)c(=O)[nH]1. The highest BCUT2D eigenvalue weighted by Gasteiger charge is 2.23. The van der Waals surface area contributed by atoms with Crippen LogP contribution in [0.15, 0.2) is 71.8 Å². The van der Waals surface area contributed by atoms with Crippen molar-refractivity contribution in [3.05, 3.63) is 77.3 Å². The first kappa shape index (κ1) is 20.0. The van der Waals surface area contributed by atoms with Gasteiger partial charge in [-0.05, 0) is 24.3 Å². The molecule has 0 aliphatic carbocycles. The number of carbonyl (C=O) groups is 2. The molecule has 2 N–H and O–H groups in total. The number of para-hydroxylation sites is 2. The van der Waals surface area contributed by atoms with Gasteiger partial charge < -0.3 is 0 Å². The molecule has 0 saturated heterocycles. The van der Waals surface area contributed by atoms with Crippen molar-refractivity contribution in [3.63, 3.8) is 0 Å². The lowest BCUT2D eigenvalue weighted by molar-refractivity contribution is -0.118. The Bertz CT molecular complexity index is 1260. The predicted octanol–water partition coefficient (Wildman–Crippen LogP) is 3.52. The Morgan fingerprint density at radius 2 is 1.58 bits per heavy atom. The molecule has 0 aliphatic rings. The number of hydrogen-bond donors (Lipinski definition) is 2. The van der Waals surface area contributed by atoms with E-state index in [0.29, 0.717) is 11.4 Å². The molecular weight excluding hydrogens is 396 g/mol. The lowest BCUT2D eigenvalue weighted by Gasteiger charge is -2.23. The minimum Gasteiger partial charge on any atom is -0.296 e. The maximum absolute atomic E-state index is 13.6. The fourth-order valence-electron chi connectivity index (χ4n) is 3.00. The topological polar surface area (TPSA) is 113 Å². The molecule has 4 aromatic rings. The van der Waals surface area contributed by atoms with E-state index in [9.17, 15) is 14.4 Å². The first-order valence-electron chi connectivity index (χ1n) is 9.68. The van der Waals surface area contributed by atoms with Crippen LogP contribution < -0.4 is 15.8 Å². The maximum atomic E-state index is 13.6. The Balaban J connectivity index is 1.82. The molecule has 2 aromatic heterocycles. The molecule has 31 heavy (non-hydrogen) atoms. The summed E-state index contributed by atoms with van der Waals surface area (Å²) < 4.78 is 1.19. The van der Waals surface area contributed by atoms with E-state index in [1.54, 1.807) is 38.1 Å². The normalized spacial score (nSPS) is 10.9. The van der Waals surface area contributed by atoms with E-state index in [-0.39, 0.29) is 28.9 Å². The van der Waals surface area contributed by atoms with Gasteiger partial charge in [0.05, 0.1) is 11.4 Å². The Labute approximate surface area is 177 Å². The van der Waals surface area contributed by atoms with Crippen LogP contribution in [0.2, 0.25) is 0 Å². The third-order valence-electron chi connectivity index (χ3n) is 4.60. The van der Waals surface area contributed by atoms with E-state index >= 15 is 0 Å². The van der Waals surface area contributed by atoms with Crippen molar-refractivity contribution in [1.29, 1.82) is 0 Å². The maximum Gasteiger partial charge on any atom is 0.340 e. The first-order valence-corrected chi connectivity index (χ1v) is 9.68. The van der Waals surface area contributed by atoms with Crippen molar-refractivity contribution in [2.24, 2.45) is 5.92 Å². The fourth-order valence-corrected chi connectivity index (χ4v) is 3.00. The van der Waals surface area contributed by atoms with Gasteiger partial charge in [0, 0.05) is 5.92 Å². The summed E-state index contributed by atoms with van der Waals surface area (Å²) in [4.78, 5) is 50.4. The third-order valence-corrected chi connectivity index (χ3v) is 4.60. The molecule has 9 nitrogen and oxygen atoms in total. The van der Waals surface area contributed by atoms with E-state index in [1.165, 1.54) is 15.8 Å². The highest BCUT2D eigenvalue weighted by molar-refractivity contribution is 6.03. The Morgan fingerprint density at radius 1 is 1.00 bits per heavy atom. The Morgan fingerprint density at radius 3 is 2.13 bits per heavy atom. The van der Waals surface area contributed by atoms with Crippen molar-refractivity contribution in [2.45, 2.75) is 13.8 Å². The van der Waals surface area contributed by atoms with E-state index in [4.69, 9.17) is 0 Å². The van der Waals surface area contributed by atoms with Gasteiger partial charge in [-0.25, -0.2) is 14.3 Å². The van der Waals surface area contributed by atoms with Crippen LogP contribution in [-0.4, -0.2) is 31.5 Å². The summed E-state index contributed by atoms with van der Waals surface area (Å²) in [6.45, 7) is 3.44. The molecule has 9 heteroatoms. The number of aromatic nitrogens is 4. The van der Waals surface area contributed by atoms with Crippen molar-refractivity contribution in [2.75, 3.05) is 10.2 Å². The summed E-state index contributed by atoms with van der Waals surface area (Å²) in [7, 11) is 0. The fraction of sp³-hybridized carbons (Fsp3) is 0.136. The molecule has 2 heterocycles. The van der Waals surface area contributed by atoms with E-state index < -0.39 is 11.6 Å². The van der Waals surface area contributed by atoms with Gasteiger partial charge in [0.1, 0.15) is 6.33 Å². The molecule has 0 saturated carbocycles. The number of anilines is 3. The number of carbonyl (C=O) groups excluding carboxylic acids is 2. The van der Waals surface area contributed by atoms with Gasteiger partial charge >= 0.3 is 6.03 Å². The largest absolute Gasteiger partial charge is 0.340 e. The molecular formula is C22H20N6O3. The average molecular weight is 416 g/mol. The summed E-state index contributed by atoms with van der Waals surface area (Å²) >= 11 is 0. The number of benzene rings is 2. The smallest absolute Gasteiger partial charge is 0.296 e. The van der Waals surface area contributed by atoms with Gasteiger partial charge in [-0.3, -0.25) is 24.8 Å². The van der Waals surface area contributed by atoms with Gasteiger partial charge in [-0.1, -0.05) is 50.2 Å². The van der Waals surface area contributed by atoms with Gasteiger partial charge in [0.2, 0.25) is 11.9 Å². The van der Waals surface area contributed by atoms with Gasteiger partial charge in [-0.15, -0.1) is 0 Å². The minimum absolute atomic E-state index is 0.00281. The van der Waals surface area contributed by atoms with Crippen LogP contribution in [0.25, 0.3) is 11.2 Å². The third kappa shape index (κ3) is 3.93. The van der Waals surface area contributed by atoms with Crippen LogP contribution in [0, 0.1) is 5.92 Å².